The molecule has 9 heteroatoms. The van der Waals surface area contributed by atoms with Crippen molar-refractivity contribution < 1.29 is 9.32 Å². The Hall–Kier alpha value is -1.61. The van der Waals surface area contributed by atoms with Crippen LogP contribution in [-0.4, -0.2) is 32.8 Å². The van der Waals surface area contributed by atoms with Crippen LogP contribution in [0.15, 0.2) is 9.68 Å². The number of nitrogens with one attached hydrogen (secondary N) is 2. The average molecular weight is 327 g/mol. The maximum absolute atomic E-state index is 11.9. The lowest BCUT2D eigenvalue weighted by Crippen LogP contribution is -2.37. The van der Waals surface area contributed by atoms with E-state index in [1.807, 2.05) is 27.0 Å². The number of hydrogen-bond donors (Lipinski definition) is 2. The molecule has 0 unspecified atom stereocenters. The first-order chi connectivity index (χ1) is 9.99. The predicted molar refractivity (Wildman–Crippen MR) is 83.0 cm³/mol. The molecule has 0 spiro atoms. The standard InChI is InChI=1S/C12H17N5O2S2/c1-6(5-9-7(2)16-19-8(9)3)13-10(18)14-11-15-12(20-4)17-21-11/h6H,5H2,1-4H3,(H2,13,14,15,17,18)/t6-/m0/s1. The molecule has 0 aromatic carbocycles. The minimum Gasteiger partial charge on any atom is -0.361 e. The molecule has 2 aromatic rings. The maximum Gasteiger partial charge on any atom is 0.321 e. The Kier molecular flexibility index (Phi) is 5.18. The highest BCUT2D eigenvalue weighted by Gasteiger charge is 2.15. The SMILES string of the molecule is CSc1nsc(NC(=O)N[C@@H](C)Cc2c(C)noc2C)n1. The van der Waals surface area contributed by atoms with Crippen molar-refractivity contribution in [3.8, 4) is 0 Å². The second-order valence-corrected chi connectivity index (χ2v) is 6.12. The van der Waals surface area contributed by atoms with Gasteiger partial charge in [0.2, 0.25) is 10.3 Å². The van der Waals surface area contributed by atoms with Crippen LogP contribution < -0.4 is 10.6 Å². The van der Waals surface area contributed by atoms with E-state index in [1.165, 1.54) is 11.8 Å². The molecule has 1 atom stereocenters. The summed E-state index contributed by atoms with van der Waals surface area (Å²) in [5, 5.41) is 10.6. The van der Waals surface area contributed by atoms with Crippen LogP contribution in [0.4, 0.5) is 9.93 Å². The third kappa shape index (κ3) is 4.18. The summed E-state index contributed by atoms with van der Waals surface area (Å²) in [4.78, 5) is 16.0. The van der Waals surface area contributed by atoms with Crippen LogP contribution in [0.5, 0.6) is 0 Å². The number of amides is 2. The van der Waals surface area contributed by atoms with Crippen molar-refractivity contribution in [1.29, 1.82) is 0 Å². The molecule has 0 radical (unpaired) electrons. The van der Waals surface area contributed by atoms with Crippen LogP contribution in [0.1, 0.15) is 23.9 Å². The number of carbonyl (C=O) groups is 1. The highest BCUT2D eigenvalue weighted by Crippen LogP contribution is 2.17. The van der Waals surface area contributed by atoms with Gasteiger partial charge in [0, 0.05) is 23.1 Å². The number of aryl methyl sites for hydroxylation is 2. The Bertz CT molecular complexity index is 605. The molecule has 0 saturated heterocycles. The molecule has 0 saturated carbocycles. The van der Waals surface area contributed by atoms with Crippen LogP contribution >= 0.6 is 23.3 Å². The number of carbonyl (C=O) groups excluding carboxylic acids is 1. The smallest absolute Gasteiger partial charge is 0.321 e. The van der Waals surface area contributed by atoms with E-state index in [0.29, 0.717) is 16.7 Å². The van der Waals surface area contributed by atoms with Crippen molar-refractivity contribution in [2.45, 2.75) is 38.4 Å². The highest BCUT2D eigenvalue weighted by atomic mass is 32.2. The van der Waals surface area contributed by atoms with Gasteiger partial charge >= 0.3 is 6.03 Å². The van der Waals surface area contributed by atoms with E-state index in [1.54, 1.807) is 0 Å². The van der Waals surface area contributed by atoms with Crippen molar-refractivity contribution in [3.63, 3.8) is 0 Å². The monoisotopic (exact) mass is 327 g/mol. The maximum atomic E-state index is 11.9. The van der Waals surface area contributed by atoms with Crippen LogP contribution in [0.3, 0.4) is 0 Å². The lowest BCUT2D eigenvalue weighted by atomic mass is 10.1. The van der Waals surface area contributed by atoms with Crippen molar-refractivity contribution >= 4 is 34.5 Å². The molecular formula is C12H17N5O2S2. The summed E-state index contributed by atoms with van der Waals surface area (Å²) < 4.78 is 9.20. The number of urea groups is 1. The summed E-state index contributed by atoms with van der Waals surface area (Å²) in [5.41, 5.74) is 1.89. The van der Waals surface area contributed by atoms with Gasteiger partial charge in [-0.3, -0.25) is 5.32 Å². The zero-order valence-electron chi connectivity index (χ0n) is 12.3. The fourth-order valence-corrected chi connectivity index (χ4v) is 2.97. The largest absolute Gasteiger partial charge is 0.361 e. The van der Waals surface area contributed by atoms with E-state index in [0.717, 1.165) is 28.6 Å². The molecule has 21 heavy (non-hydrogen) atoms. The molecule has 114 valence electrons. The summed E-state index contributed by atoms with van der Waals surface area (Å²) in [6.07, 6.45) is 2.55. The zero-order chi connectivity index (χ0) is 15.4. The van der Waals surface area contributed by atoms with Gasteiger partial charge in [0.1, 0.15) is 5.76 Å². The Labute approximate surface area is 131 Å². The summed E-state index contributed by atoms with van der Waals surface area (Å²) in [6.45, 7) is 5.69. The summed E-state index contributed by atoms with van der Waals surface area (Å²) >= 11 is 2.60. The van der Waals surface area contributed by atoms with E-state index < -0.39 is 0 Å². The van der Waals surface area contributed by atoms with Gasteiger partial charge < -0.3 is 9.84 Å². The molecule has 2 heterocycles. The first-order valence-electron chi connectivity index (χ1n) is 6.36. The molecule has 0 aliphatic carbocycles. The summed E-state index contributed by atoms with van der Waals surface area (Å²) in [6, 6.07) is -0.340. The van der Waals surface area contributed by atoms with Crippen LogP contribution in [-0.2, 0) is 6.42 Å². The topological polar surface area (TPSA) is 92.9 Å². The fraction of sp³-hybridized carbons (Fsp3) is 0.500. The normalized spacial score (nSPS) is 12.2. The first-order valence-corrected chi connectivity index (χ1v) is 8.36. The molecule has 2 aromatic heterocycles. The third-order valence-corrected chi connectivity index (χ3v) is 4.17. The number of aromatic nitrogens is 3. The van der Waals surface area contributed by atoms with Crippen molar-refractivity contribution in [2.24, 2.45) is 0 Å². The van der Waals surface area contributed by atoms with Crippen LogP contribution in [0, 0.1) is 13.8 Å². The molecule has 0 fully saturated rings. The number of nitrogens with zero attached hydrogens (tertiary/aromatic N) is 3. The Morgan fingerprint density at radius 1 is 1.48 bits per heavy atom. The molecule has 2 N–H and O–H groups in total. The van der Waals surface area contributed by atoms with E-state index in [4.69, 9.17) is 4.52 Å². The van der Waals surface area contributed by atoms with E-state index in [9.17, 15) is 4.79 Å². The predicted octanol–water partition coefficient (Wildman–Crippen LogP) is 2.62. The fourth-order valence-electron chi connectivity index (χ4n) is 1.85. The molecular weight excluding hydrogens is 310 g/mol. The second-order valence-electron chi connectivity index (χ2n) is 4.59. The van der Waals surface area contributed by atoms with Crippen LogP contribution in [0.2, 0.25) is 0 Å². The quantitative estimate of drug-likeness (QED) is 0.820. The highest BCUT2D eigenvalue weighted by molar-refractivity contribution is 7.98. The van der Waals surface area contributed by atoms with Gasteiger partial charge in [0.05, 0.1) is 5.69 Å². The van der Waals surface area contributed by atoms with Gasteiger partial charge in [-0.15, -0.1) is 0 Å². The number of anilines is 1. The van der Waals surface area contributed by atoms with Gasteiger partial charge in [0.25, 0.3) is 0 Å². The van der Waals surface area contributed by atoms with Crippen molar-refractivity contribution in [3.05, 3.63) is 17.0 Å². The molecule has 0 aliphatic heterocycles. The van der Waals surface area contributed by atoms with Crippen LogP contribution in [0.25, 0.3) is 0 Å². The summed E-state index contributed by atoms with van der Waals surface area (Å²) in [7, 11) is 0. The number of rotatable bonds is 5. The van der Waals surface area contributed by atoms with Gasteiger partial charge in [-0.1, -0.05) is 16.9 Å². The summed E-state index contributed by atoms with van der Waals surface area (Å²) in [5.74, 6) is 0.787. The van der Waals surface area contributed by atoms with Gasteiger partial charge in [-0.05, 0) is 33.4 Å². The van der Waals surface area contributed by atoms with Gasteiger partial charge in [-0.2, -0.15) is 9.36 Å². The Balaban J connectivity index is 1.87. The molecule has 2 amide bonds. The Morgan fingerprint density at radius 3 is 2.81 bits per heavy atom. The molecule has 0 bridgehead atoms. The molecule has 2 rings (SSSR count). The van der Waals surface area contributed by atoms with Crippen molar-refractivity contribution in [1.82, 2.24) is 19.8 Å². The number of hydrogen-bond acceptors (Lipinski definition) is 7. The number of thioether (sulfide) groups is 1. The lowest BCUT2D eigenvalue weighted by molar-refractivity contribution is 0.249. The molecule has 7 nitrogen and oxygen atoms in total. The first kappa shape index (κ1) is 15.8. The minimum atomic E-state index is -0.293. The van der Waals surface area contributed by atoms with Gasteiger partial charge in [0.15, 0.2) is 0 Å². The average Bonchev–Trinajstić information content (AvgIpc) is 3.00. The van der Waals surface area contributed by atoms with E-state index in [-0.39, 0.29) is 12.1 Å². The lowest BCUT2D eigenvalue weighted by Gasteiger charge is -2.13. The third-order valence-electron chi connectivity index (χ3n) is 2.88. The van der Waals surface area contributed by atoms with Crippen molar-refractivity contribution in [2.75, 3.05) is 11.6 Å². The minimum absolute atomic E-state index is 0.0465. The van der Waals surface area contributed by atoms with Gasteiger partial charge in [-0.25, -0.2) is 4.79 Å². The Morgan fingerprint density at radius 2 is 2.24 bits per heavy atom. The van der Waals surface area contributed by atoms with E-state index >= 15 is 0 Å². The second kappa shape index (κ2) is 6.90. The van der Waals surface area contributed by atoms with E-state index in [2.05, 4.69) is 25.1 Å². The molecule has 0 aliphatic rings. The zero-order valence-corrected chi connectivity index (χ0v) is 13.9.